The highest BCUT2D eigenvalue weighted by molar-refractivity contribution is 7.89. The summed E-state index contributed by atoms with van der Waals surface area (Å²) in [6.07, 6.45) is 1.01. The first-order chi connectivity index (χ1) is 10.4. The average Bonchev–Trinajstić information content (AvgIpc) is 2.90. The Kier molecular flexibility index (Phi) is 4.85. The topological polar surface area (TPSA) is 83.6 Å². The second kappa shape index (κ2) is 6.48. The summed E-state index contributed by atoms with van der Waals surface area (Å²) in [5.74, 6) is -0.951. The predicted molar refractivity (Wildman–Crippen MR) is 81.4 cm³/mol. The van der Waals surface area contributed by atoms with Crippen LogP contribution in [0.2, 0.25) is 0 Å². The summed E-state index contributed by atoms with van der Waals surface area (Å²) in [5, 5.41) is 2.75. The van der Waals surface area contributed by atoms with Crippen molar-refractivity contribution in [3.05, 3.63) is 30.3 Å². The first-order valence-corrected chi connectivity index (χ1v) is 8.74. The zero-order valence-electron chi connectivity index (χ0n) is 12.7. The third kappa shape index (κ3) is 3.14. The maximum Gasteiger partial charge on any atom is 0.267 e. The van der Waals surface area contributed by atoms with Crippen molar-refractivity contribution in [3.63, 3.8) is 0 Å². The maximum atomic E-state index is 12.6. The lowest BCUT2D eigenvalue weighted by atomic mass is 10.2. The van der Waals surface area contributed by atoms with Crippen molar-refractivity contribution in [3.8, 4) is 0 Å². The smallest absolute Gasteiger partial charge is 0.267 e. The largest absolute Gasteiger partial charge is 0.352 e. The van der Waals surface area contributed by atoms with E-state index < -0.39 is 27.9 Å². The summed E-state index contributed by atoms with van der Waals surface area (Å²) in [6, 6.07) is 6.67. The Morgan fingerprint density at radius 1 is 1.36 bits per heavy atom. The van der Waals surface area contributed by atoms with Crippen LogP contribution in [0, 0.1) is 0 Å². The molecule has 22 heavy (non-hydrogen) atoms. The van der Waals surface area contributed by atoms with Crippen LogP contribution in [0.4, 0.5) is 0 Å². The molecular weight excluding hydrogens is 304 g/mol. The molecule has 6 nitrogen and oxygen atoms in total. The second-order valence-electron chi connectivity index (χ2n) is 5.38. The number of rotatable bonds is 5. The Hall–Kier alpha value is -1.89. The fourth-order valence-corrected chi connectivity index (χ4v) is 3.97. The Bertz CT molecular complexity index is 657. The minimum absolute atomic E-state index is 0.0200. The molecule has 2 atom stereocenters. The number of hydrogen-bond acceptors (Lipinski definition) is 4. The van der Waals surface area contributed by atoms with Crippen molar-refractivity contribution < 1.29 is 18.0 Å². The Morgan fingerprint density at radius 3 is 2.59 bits per heavy atom. The summed E-state index contributed by atoms with van der Waals surface area (Å²) in [7, 11) is -4.00. The number of nitrogens with one attached hydrogen (secondary N) is 1. The van der Waals surface area contributed by atoms with Crippen LogP contribution in [0.3, 0.4) is 0 Å². The van der Waals surface area contributed by atoms with Gasteiger partial charge in [0.2, 0.25) is 11.8 Å². The Labute approximate surface area is 130 Å². The monoisotopic (exact) mass is 324 g/mol. The van der Waals surface area contributed by atoms with Crippen molar-refractivity contribution in [2.75, 3.05) is 0 Å². The molecule has 2 unspecified atom stereocenters. The van der Waals surface area contributed by atoms with Crippen LogP contribution in [0.1, 0.15) is 33.1 Å². The minimum Gasteiger partial charge on any atom is -0.352 e. The second-order valence-corrected chi connectivity index (χ2v) is 7.19. The third-order valence-corrected chi connectivity index (χ3v) is 5.61. The van der Waals surface area contributed by atoms with Crippen LogP contribution in [-0.4, -0.2) is 36.6 Å². The molecule has 1 aromatic rings. The molecule has 1 aliphatic heterocycles. The molecule has 1 N–H and O–H groups in total. The fourth-order valence-electron chi connectivity index (χ4n) is 2.35. The van der Waals surface area contributed by atoms with Crippen molar-refractivity contribution in [1.29, 1.82) is 0 Å². The van der Waals surface area contributed by atoms with Gasteiger partial charge in [0.05, 0.1) is 4.90 Å². The molecule has 2 amide bonds. The van der Waals surface area contributed by atoms with Gasteiger partial charge in [0.15, 0.2) is 0 Å². The van der Waals surface area contributed by atoms with Gasteiger partial charge >= 0.3 is 0 Å². The van der Waals surface area contributed by atoms with E-state index in [1.165, 1.54) is 12.1 Å². The number of hydrogen-bond donors (Lipinski definition) is 1. The zero-order chi connectivity index (χ0) is 16.3. The predicted octanol–water partition coefficient (Wildman–Crippen LogP) is 1.28. The molecule has 120 valence electrons. The van der Waals surface area contributed by atoms with E-state index in [0.29, 0.717) is 0 Å². The number of amides is 2. The van der Waals surface area contributed by atoms with Gasteiger partial charge in [-0.05, 0) is 31.9 Å². The molecule has 7 heteroatoms. The van der Waals surface area contributed by atoms with Crippen molar-refractivity contribution in [1.82, 2.24) is 9.62 Å². The summed E-state index contributed by atoms with van der Waals surface area (Å²) in [4.78, 5) is 24.3. The van der Waals surface area contributed by atoms with Crippen LogP contribution >= 0.6 is 0 Å². The first-order valence-electron chi connectivity index (χ1n) is 7.30. The lowest BCUT2D eigenvalue weighted by Crippen LogP contribution is -2.49. The summed E-state index contributed by atoms with van der Waals surface area (Å²) < 4.78 is 26.0. The molecule has 0 saturated carbocycles. The van der Waals surface area contributed by atoms with Gasteiger partial charge in [-0.1, -0.05) is 25.1 Å². The van der Waals surface area contributed by atoms with Crippen molar-refractivity contribution in [2.24, 2.45) is 0 Å². The van der Waals surface area contributed by atoms with E-state index in [-0.39, 0.29) is 23.8 Å². The molecule has 1 heterocycles. The van der Waals surface area contributed by atoms with Crippen LogP contribution < -0.4 is 5.32 Å². The lowest BCUT2D eigenvalue weighted by molar-refractivity contribution is -0.131. The highest BCUT2D eigenvalue weighted by Gasteiger charge is 2.44. The van der Waals surface area contributed by atoms with E-state index in [1.54, 1.807) is 18.2 Å². The number of sulfonamides is 1. The van der Waals surface area contributed by atoms with Crippen LogP contribution in [0.5, 0.6) is 0 Å². The summed E-state index contributed by atoms with van der Waals surface area (Å²) >= 11 is 0. The normalized spacial score (nSPS) is 20.0. The van der Waals surface area contributed by atoms with Gasteiger partial charge in [-0.15, -0.1) is 0 Å². The summed E-state index contributed by atoms with van der Waals surface area (Å²) in [5.41, 5.74) is 0. The number of benzene rings is 1. The maximum absolute atomic E-state index is 12.6. The molecule has 1 saturated heterocycles. The van der Waals surface area contributed by atoms with Crippen LogP contribution in [0.25, 0.3) is 0 Å². The van der Waals surface area contributed by atoms with Gasteiger partial charge in [-0.2, -0.15) is 0 Å². The average molecular weight is 324 g/mol. The van der Waals surface area contributed by atoms with Crippen LogP contribution in [-0.2, 0) is 19.6 Å². The van der Waals surface area contributed by atoms with Crippen molar-refractivity contribution >= 4 is 21.8 Å². The quantitative estimate of drug-likeness (QED) is 0.884. The number of nitrogens with zero attached hydrogens (tertiary/aromatic N) is 1. The Morgan fingerprint density at radius 2 is 2.00 bits per heavy atom. The molecule has 1 fully saturated rings. The molecule has 2 rings (SSSR count). The van der Waals surface area contributed by atoms with Gasteiger partial charge in [0, 0.05) is 12.5 Å². The first kappa shape index (κ1) is 16.5. The standard InChI is InChI=1S/C15H20N2O4S/c1-3-11(2)16-15(19)13-9-10-14(18)17(13)22(20,21)12-7-5-4-6-8-12/h4-8,11,13H,3,9-10H2,1-2H3,(H,16,19). The van der Waals surface area contributed by atoms with Gasteiger partial charge in [0.25, 0.3) is 10.0 Å². The van der Waals surface area contributed by atoms with Gasteiger partial charge in [0.1, 0.15) is 6.04 Å². The third-order valence-electron chi connectivity index (χ3n) is 3.76. The van der Waals surface area contributed by atoms with E-state index in [4.69, 9.17) is 0 Å². The molecule has 1 aliphatic rings. The molecule has 0 spiro atoms. The van der Waals surface area contributed by atoms with Crippen LogP contribution in [0.15, 0.2) is 35.2 Å². The van der Waals surface area contributed by atoms with Crippen molar-refractivity contribution in [2.45, 2.75) is 50.1 Å². The molecule has 0 bridgehead atoms. The van der Waals surface area contributed by atoms with Gasteiger partial charge < -0.3 is 5.32 Å². The minimum atomic E-state index is -4.00. The molecule has 0 radical (unpaired) electrons. The van der Waals surface area contributed by atoms with E-state index in [0.717, 1.165) is 10.7 Å². The lowest BCUT2D eigenvalue weighted by Gasteiger charge is -2.25. The van der Waals surface area contributed by atoms with E-state index >= 15 is 0 Å². The molecule has 1 aromatic carbocycles. The highest BCUT2D eigenvalue weighted by Crippen LogP contribution is 2.27. The highest BCUT2D eigenvalue weighted by atomic mass is 32.2. The number of carbonyl (C=O) groups excluding carboxylic acids is 2. The fraction of sp³-hybridized carbons (Fsp3) is 0.467. The molecule has 0 aliphatic carbocycles. The SMILES string of the molecule is CCC(C)NC(=O)C1CCC(=O)N1S(=O)(=O)c1ccccc1. The molecule has 0 aromatic heterocycles. The number of carbonyl (C=O) groups is 2. The van der Waals surface area contributed by atoms with E-state index in [2.05, 4.69) is 5.32 Å². The van der Waals surface area contributed by atoms with E-state index in [1.807, 2.05) is 13.8 Å². The van der Waals surface area contributed by atoms with Gasteiger partial charge in [-0.3, -0.25) is 9.59 Å². The Balaban J connectivity index is 2.31. The summed E-state index contributed by atoms with van der Waals surface area (Å²) in [6.45, 7) is 3.76. The van der Waals surface area contributed by atoms with E-state index in [9.17, 15) is 18.0 Å². The zero-order valence-corrected chi connectivity index (χ0v) is 13.5. The molecular formula is C15H20N2O4S. The van der Waals surface area contributed by atoms with Gasteiger partial charge in [-0.25, -0.2) is 12.7 Å².